The average Bonchev–Trinajstić information content (AvgIpc) is 3.19. The van der Waals surface area contributed by atoms with Gasteiger partial charge in [0.2, 0.25) is 6.41 Å². The quantitative estimate of drug-likeness (QED) is 0.202. The number of rotatable bonds is 11. The molecule has 5 N–H and O–H groups in total. The number of likely N-dealkylation sites (tertiary alicyclic amines) is 1. The van der Waals surface area contributed by atoms with Crippen molar-refractivity contribution in [2.45, 2.75) is 51.7 Å². The number of aliphatic hydroxyl groups is 1. The summed E-state index contributed by atoms with van der Waals surface area (Å²) in [4.78, 5) is 40.6. The van der Waals surface area contributed by atoms with E-state index in [2.05, 4.69) is 5.32 Å². The molecule has 0 saturated carbocycles. The van der Waals surface area contributed by atoms with Crippen LogP contribution in [0.25, 0.3) is 0 Å². The number of nitrogen functional groups attached to an aromatic ring is 1. The fourth-order valence-corrected chi connectivity index (χ4v) is 4.42. The first-order valence-corrected chi connectivity index (χ1v) is 12.9. The maximum absolute atomic E-state index is 13.0. The number of nitrogens with zero attached hydrogens (tertiary/aromatic N) is 2. The van der Waals surface area contributed by atoms with Crippen molar-refractivity contribution in [3.05, 3.63) is 59.2 Å². The number of hydrogen-bond donors (Lipinski definition) is 4. The summed E-state index contributed by atoms with van der Waals surface area (Å²) in [5.74, 6) is -0.744. The molecule has 0 spiro atoms. The minimum Gasteiger partial charge on any atom is -0.384 e. The van der Waals surface area contributed by atoms with E-state index in [0.717, 1.165) is 44.3 Å². The van der Waals surface area contributed by atoms with Crippen molar-refractivity contribution in [1.29, 1.82) is 5.41 Å². The smallest absolute Gasteiger partial charge is 0.255 e. The number of aryl methyl sites for hydroxylation is 1. The highest BCUT2D eigenvalue weighted by Crippen LogP contribution is 2.19. The number of carbonyl (C=O) groups excluding carboxylic acids is 3. The molecule has 0 aliphatic carbocycles. The number of carbonyl (C=O) groups is 3. The van der Waals surface area contributed by atoms with Crippen LogP contribution < -0.4 is 16.0 Å². The Morgan fingerprint density at radius 1 is 1.18 bits per heavy atom. The lowest BCUT2D eigenvalue weighted by molar-refractivity contribution is -0.131. The molecular weight excluding hydrogens is 486 g/mol. The van der Waals surface area contributed by atoms with Gasteiger partial charge in [0.25, 0.3) is 11.8 Å². The van der Waals surface area contributed by atoms with E-state index in [1.807, 2.05) is 4.90 Å². The van der Waals surface area contributed by atoms with Gasteiger partial charge in [0, 0.05) is 42.1 Å². The van der Waals surface area contributed by atoms with Crippen LogP contribution in [0.2, 0.25) is 0 Å². The van der Waals surface area contributed by atoms with Gasteiger partial charge in [-0.15, -0.1) is 0 Å². The maximum atomic E-state index is 13.0. The van der Waals surface area contributed by atoms with Crippen molar-refractivity contribution in [3.63, 3.8) is 0 Å². The Balaban J connectivity index is 1.53. The molecule has 1 aliphatic heterocycles. The van der Waals surface area contributed by atoms with E-state index in [4.69, 9.17) is 15.9 Å². The number of amidine groups is 1. The van der Waals surface area contributed by atoms with Crippen molar-refractivity contribution in [2.75, 3.05) is 36.5 Å². The van der Waals surface area contributed by atoms with Gasteiger partial charge in [0.1, 0.15) is 5.84 Å². The normalized spacial score (nSPS) is 15.2. The van der Waals surface area contributed by atoms with Crippen LogP contribution in [-0.4, -0.2) is 72.5 Å². The van der Waals surface area contributed by atoms with Crippen LogP contribution in [0.1, 0.15) is 54.1 Å². The lowest BCUT2D eigenvalue weighted by Crippen LogP contribution is -2.39. The Morgan fingerprint density at radius 2 is 1.89 bits per heavy atom. The van der Waals surface area contributed by atoms with Gasteiger partial charge >= 0.3 is 0 Å². The van der Waals surface area contributed by atoms with E-state index in [-0.39, 0.29) is 24.9 Å². The van der Waals surface area contributed by atoms with Crippen LogP contribution in [0.3, 0.4) is 0 Å². The van der Waals surface area contributed by atoms with Crippen molar-refractivity contribution >= 4 is 35.4 Å². The molecule has 10 nitrogen and oxygen atoms in total. The number of nitrogens with one attached hydrogen (secondary N) is 2. The molecular formula is C28H37N5O5. The van der Waals surface area contributed by atoms with Crippen LogP contribution in [0, 0.1) is 12.3 Å². The van der Waals surface area contributed by atoms with Crippen molar-refractivity contribution < 1.29 is 24.2 Å². The van der Waals surface area contributed by atoms with Gasteiger partial charge in [-0.2, -0.15) is 0 Å². The first-order chi connectivity index (χ1) is 18.2. The molecule has 3 amide bonds. The third-order valence-corrected chi connectivity index (χ3v) is 6.66. The average molecular weight is 524 g/mol. The van der Waals surface area contributed by atoms with Crippen molar-refractivity contribution in [2.24, 2.45) is 5.73 Å². The van der Waals surface area contributed by atoms with Gasteiger partial charge in [-0.1, -0.05) is 18.9 Å². The lowest BCUT2D eigenvalue weighted by atomic mass is 10.1. The number of amides is 3. The first-order valence-electron chi connectivity index (χ1n) is 12.9. The monoisotopic (exact) mass is 523 g/mol. The van der Waals surface area contributed by atoms with Crippen molar-refractivity contribution in [3.8, 4) is 0 Å². The van der Waals surface area contributed by atoms with Gasteiger partial charge in [0.15, 0.2) is 6.10 Å². The summed E-state index contributed by atoms with van der Waals surface area (Å²) in [5.41, 5.74) is 8.38. The predicted molar refractivity (Wildman–Crippen MR) is 146 cm³/mol. The molecule has 0 aromatic heterocycles. The summed E-state index contributed by atoms with van der Waals surface area (Å²) >= 11 is 0. The van der Waals surface area contributed by atoms with E-state index < -0.39 is 18.1 Å². The zero-order chi connectivity index (χ0) is 27.7. The van der Waals surface area contributed by atoms with E-state index >= 15 is 0 Å². The summed E-state index contributed by atoms with van der Waals surface area (Å²) in [6, 6.07) is 11.9. The molecule has 10 heteroatoms. The van der Waals surface area contributed by atoms with E-state index in [1.165, 1.54) is 4.90 Å². The second kappa shape index (κ2) is 13.7. The Kier molecular flexibility index (Phi) is 10.4. The SMILES string of the molecule is Cc1cc(NC(=O)[C@H](O)[C@H](C)OCCN(C=O)c2cccc(C(=O)N3CCCCCC3)c2)ccc1C(=N)N. The van der Waals surface area contributed by atoms with Crippen molar-refractivity contribution in [1.82, 2.24) is 4.90 Å². The third kappa shape index (κ3) is 7.62. The Morgan fingerprint density at radius 3 is 2.53 bits per heavy atom. The second-order valence-electron chi connectivity index (χ2n) is 9.51. The highest BCUT2D eigenvalue weighted by atomic mass is 16.5. The van der Waals surface area contributed by atoms with E-state index in [1.54, 1.807) is 56.3 Å². The van der Waals surface area contributed by atoms with E-state index in [0.29, 0.717) is 28.9 Å². The largest absolute Gasteiger partial charge is 0.384 e. The Hall–Kier alpha value is -3.76. The molecule has 1 aliphatic rings. The number of hydrogen-bond acceptors (Lipinski definition) is 6. The molecule has 0 unspecified atom stereocenters. The lowest BCUT2D eigenvalue weighted by Gasteiger charge is -2.23. The van der Waals surface area contributed by atoms with Gasteiger partial charge in [0.05, 0.1) is 12.7 Å². The minimum atomic E-state index is -1.44. The summed E-state index contributed by atoms with van der Waals surface area (Å²) < 4.78 is 5.65. The summed E-state index contributed by atoms with van der Waals surface area (Å²) in [6.07, 6.45) is 2.64. The molecule has 204 valence electrons. The topological polar surface area (TPSA) is 149 Å². The molecule has 1 saturated heterocycles. The molecule has 2 atom stereocenters. The second-order valence-corrected chi connectivity index (χ2v) is 9.51. The van der Waals surface area contributed by atoms with Crippen LogP contribution in [0.4, 0.5) is 11.4 Å². The summed E-state index contributed by atoms with van der Waals surface area (Å²) in [7, 11) is 0. The first kappa shape index (κ1) is 28.8. The van der Waals surface area contributed by atoms with Gasteiger partial charge in [-0.25, -0.2) is 0 Å². The zero-order valence-electron chi connectivity index (χ0n) is 22.0. The van der Waals surface area contributed by atoms with Crippen LogP contribution in [-0.2, 0) is 14.3 Å². The van der Waals surface area contributed by atoms with Gasteiger partial charge in [-0.3, -0.25) is 19.8 Å². The molecule has 0 radical (unpaired) electrons. The Bertz CT molecular complexity index is 1150. The summed E-state index contributed by atoms with van der Waals surface area (Å²) in [6.45, 7) is 5.07. The molecule has 2 aromatic carbocycles. The third-order valence-electron chi connectivity index (χ3n) is 6.66. The maximum Gasteiger partial charge on any atom is 0.255 e. The molecule has 38 heavy (non-hydrogen) atoms. The minimum absolute atomic E-state index is 0.0373. The highest BCUT2D eigenvalue weighted by Gasteiger charge is 2.24. The highest BCUT2D eigenvalue weighted by molar-refractivity contribution is 5.98. The molecule has 1 heterocycles. The molecule has 2 aromatic rings. The van der Waals surface area contributed by atoms with Gasteiger partial charge in [-0.05, 0) is 68.7 Å². The number of benzene rings is 2. The fourth-order valence-electron chi connectivity index (χ4n) is 4.42. The molecule has 1 fully saturated rings. The van der Waals surface area contributed by atoms with E-state index in [9.17, 15) is 19.5 Å². The molecule has 0 bridgehead atoms. The number of nitrogens with two attached hydrogens (primary N) is 1. The van der Waals surface area contributed by atoms with Crippen LogP contribution in [0.15, 0.2) is 42.5 Å². The van der Waals surface area contributed by atoms with Crippen LogP contribution >= 0.6 is 0 Å². The fraction of sp³-hybridized carbons (Fsp3) is 0.429. The predicted octanol–water partition coefficient (Wildman–Crippen LogP) is 2.66. The number of aliphatic hydroxyl groups excluding tert-OH is 1. The standard InChI is InChI=1S/C28H37N5O5/c1-19-16-22(10-11-24(19)26(29)30)31-27(36)25(35)20(2)38-15-14-33(18-34)23-9-7-8-21(17-23)28(37)32-12-5-3-4-6-13-32/h7-11,16-18,20,25,35H,3-6,12-15H2,1-2H3,(H3,29,30)(H,31,36)/t20-,25+/m0/s1. The number of anilines is 2. The molecule has 3 rings (SSSR count). The summed E-state index contributed by atoms with van der Waals surface area (Å²) in [5, 5.41) is 20.6. The Labute approximate surface area is 223 Å². The zero-order valence-corrected chi connectivity index (χ0v) is 22.0. The van der Waals surface area contributed by atoms with Crippen LogP contribution in [0.5, 0.6) is 0 Å². The number of ether oxygens (including phenoxy) is 1. The van der Waals surface area contributed by atoms with Gasteiger partial charge < -0.3 is 30.7 Å².